The van der Waals surface area contributed by atoms with E-state index < -0.39 is 0 Å². The van der Waals surface area contributed by atoms with Gasteiger partial charge >= 0.3 is 0 Å². The molecule has 0 aromatic heterocycles. The summed E-state index contributed by atoms with van der Waals surface area (Å²) in [6.45, 7) is 1.02. The molecule has 0 bridgehead atoms. The molecule has 4 nitrogen and oxygen atoms in total. The Morgan fingerprint density at radius 1 is 1.44 bits per heavy atom. The van der Waals surface area contributed by atoms with E-state index in [9.17, 15) is 4.79 Å². The lowest BCUT2D eigenvalue weighted by Crippen LogP contribution is -2.40. The smallest absolute Gasteiger partial charge is 0.258 e. The fourth-order valence-electron chi connectivity index (χ4n) is 1.15. The first-order valence-electron chi connectivity index (χ1n) is 5.07. The molecule has 7 heteroatoms. The Balaban J connectivity index is 2.57. The number of methoxy groups -OCH3 is 1. The maximum atomic E-state index is 11.8. The van der Waals surface area contributed by atoms with E-state index >= 15 is 0 Å². The third-order valence-electron chi connectivity index (χ3n) is 1.99. The maximum Gasteiger partial charge on any atom is 0.258 e. The number of benzene rings is 1. The second kappa shape index (κ2) is 7.53. The van der Waals surface area contributed by atoms with Crippen molar-refractivity contribution in [3.05, 3.63) is 33.8 Å². The van der Waals surface area contributed by atoms with Crippen LogP contribution >= 0.6 is 35.4 Å². The number of carbonyl (C=O) groups is 1. The largest absolute Gasteiger partial charge is 0.383 e. The molecule has 1 aromatic carbocycles. The highest BCUT2D eigenvalue weighted by atomic mass is 35.5. The molecule has 0 saturated heterocycles. The highest BCUT2D eigenvalue weighted by molar-refractivity contribution is 7.80. The van der Waals surface area contributed by atoms with E-state index in [1.54, 1.807) is 13.2 Å². The van der Waals surface area contributed by atoms with Crippen molar-refractivity contribution in [3.63, 3.8) is 0 Å². The molecule has 0 unspecified atom stereocenters. The Kier molecular flexibility index (Phi) is 6.35. The number of halogens is 2. The standard InChI is InChI=1S/C11H12Cl2N2O2S/c1-17-5-4-14-11(18)15-10(16)8-3-2-7(12)6-9(8)13/h2-3,6H,4-5H2,1H3,(H2,14,15,16,18). The predicted molar refractivity (Wildman–Crippen MR) is 76.4 cm³/mol. The van der Waals surface area contributed by atoms with E-state index in [2.05, 4.69) is 10.6 Å². The fraction of sp³-hybridized carbons (Fsp3) is 0.273. The number of nitrogens with one attached hydrogen (secondary N) is 2. The SMILES string of the molecule is COCCNC(=S)NC(=O)c1ccc(Cl)cc1Cl. The van der Waals surface area contributed by atoms with Gasteiger partial charge in [-0.05, 0) is 30.4 Å². The number of ether oxygens (including phenoxy) is 1. The molecule has 0 aliphatic heterocycles. The van der Waals surface area contributed by atoms with Crippen molar-refractivity contribution in [2.24, 2.45) is 0 Å². The van der Waals surface area contributed by atoms with Crippen molar-refractivity contribution < 1.29 is 9.53 Å². The van der Waals surface area contributed by atoms with Crippen molar-refractivity contribution >= 4 is 46.4 Å². The van der Waals surface area contributed by atoms with Crippen molar-refractivity contribution in [1.29, 1.82) is 0 Å². The van der Waals surface area contributed by atoms with Gasteiger partial charge in [0.1, 0.15) is 0 Å². The van der Waals surface area contributed by atoms with Gasteiger partial charge in [-0.25, -0.2) is 0 Å². The van der Waals surface area contributed by atoms with Crippen molar-refractivity contribution in [3.8, 4) is 0 Å². The van der Waals surface area contributed by atoms with Gasteiger partial charge in [-0.1, -0.05) is 23.2 Å². The molecular formula is C11H12Cl2N2O2S. The molecule has 1 amide bonds. The number of thiocarbonyl (C=S) groups is 1. The second-order valence-corrected chi connectivity index (χ2v) is 4.58. The summed E-state index contributed by atoms with van der Waals surface area (Å²) in [7, 11) is 1.58. The van der Waals surface area contributed by atoms with Crippen LogP contribution in [0.25, 0.3) is 0 Å². The topological polar surface area (TPSA) is 50.4 Å². The van der Waals surface area contributed by atoms with E-state index in [0.717, 1.165) is 0 Å². The molecule has 1 aromatic rings. The maximum absolute atomic E-state index is 11.8. The highest BCUT2D eigenvalue weighted by Gasteiger charge is 2.11. The summed E-state index contributed by atoms with van der Waals surface area (Å²) in [6.07, 6.45) is 0. The zero-order valence-corrected chi connectivity index (χ0v) is 12.0. The van der Waals surface area contributed by atoms with Gasteiger partial charge in [0, 0.05) is 18.7 Å². The van der Waals surface area contributed by atoms with Crippen molar-refractivity contribution in [2.45, 2.75) is 0 Å². The molecule has 0 aliphatic rings. The van der Waals surface area contributed by atoms with Crippen LogP contribution in [-0.2, 0) is 4.74 Å². The molecule has 98 valence electrons. The molecule has 0 saturated carbocycles. The quantitative estimate of drug-likeness (QED) is 0.662. The molecule has 18 heavy (non-hydrogen) atoms. The summed E-state index contributed by atoms with van der Waals surface area (Å²) in [5.74, 6) is -0.383. The minimum Gasteiger partial charge on any atom is -0.383 e. The molecule has 0 aliphatic carbocycles. The minimum atomic E-state index is -0.383. The summed E-state index contributed by atoms with van der Waals surface area (Å²) in [5.41, 5.74) is 0.317. The van der Waals surface area contributed by atoms with Gasteiger partial charge in [0.2, 0.25) is 0 Å². The van der Waals surface area contributed by atoms with Gasteiger partial charge in [0.05, 0.1) is 17.2 Å². The summed E-state index contributed by atoms with van der Waals surface area (Å²) in [6, 6.07) is 4.63. The lowest BCUT2D eigenvalue weighted by atomic mass is 10.2. The third-order valence-corrected chi connectivity index (χ3v) is 2.79. The fourth-order valence-corrected chi connectivity index (χ4v) is 1.84. The van der Waals surface area contributed by atoms with Gasteiger partial charge in [0.25, 0.3) is 5.91 Å². The number of rotatable bonds is 4. The van der Waals surface area contributed by atoms with Gasteiger partial charge in [-0.15, -0.1) is 0 Å². The van der Waals surface area contributed by atoms with Crippen LogP contribution in [0.15, 0.2) is 18.2 Å². The molecule has 0 fully saturated rings. The van der Waals surface area contributed by atoms with Crippen LogP contribution in [0.4, 0.5) is 0 Å². The van der Waals surface area contributed by atoms with E-state index in [0.29, 0.717) is 23.7 Å². The highest BCUT2D eigenvalue weighted by Crippen LogP contribution is 2.20. The monoisotopic (exact) mass is 306 g/mol. The minimum absolute atomic E-state index is 0.225. The Morgan fingerprint density at radius 3 is 2.78 bits per heavy atom. The van der Waals surface area contributed by atoms with E-state index in [1.165, 1.54) is 12.1 Å². The Labute approximate surface area is 121 Å². The Hall–Kier alpha value is -0.880. The average molecular weight is 307 g/mol. The summed E-state index contributed by atoms with van der Waals surface area (Å²) < 4.78 is 4.84. The number of hydrogen-bond donors (Lipinski definition) is 2. The molecule has 0 atom stereocenters. The number of amides is 1. The molecule has 1 rings (SSSR count). The number of hydrogen-bond acceptors (Lipinski definition) is 3. The van der Waals surface area contributed by atoms with E-state index in [-0.39, 0.29) is 16.0 Å². The normalized spacial score (nSPS) is 9.94. The lowest BCUT2D eigenvalue weighted by molar-refractivity contribution is 0.0976. The summed E-state index contributed by atoms with van der Waals surface area (Å²) >= 11 is 16.6. The average Bonchev–Trinajstić information content (AvgIpc) is 2.28. The Bertz CT molecular complexity index is 455. The van der Waals surface area contributed by atoms with Gasteiger partial charge < -0.3 is 10.1 Å². The van der Waals surface area contributed by atoms with Crippen LogP contribution < -0.4 is 10.6 Å². The van der Waals surface area contributed by atoms with Gasteiger partial charge in [-0.3, -0.25) is 10.1 Å². The van der Waals surface area contributed by atoms with Crippen LogP contribution in [-0.4, -0.2) is 31.3 Å². The second-order valence-electron chi connectivity index (χ2n) is 3.33. The third kappa shape index (κ3) is 4.78. The van der Waals surface area contributed by atoms with Gasteiger partial charge in [-0.2, -0.15) is 0 Å². The first-order chi connectivity index (χ1) is 8.54. The van der Waals surface area contributed by atoms with Crippen LogP contribution in [0.2, 0.25) is 10.0 Å². The molecule has 0 heterocycles. The molecule has 2 N–H and O–H groups in total. The molecule has 0 spiro atoms. The van der Waals surface area contributed by atoms with Crippen molar-refractivity contribution in [2.75, 3.05) is 20.3 Å². The van der Waals surface area contributed by atoms with E-state index in [4.69, 9.17) is 40.2 Å². The number of carbonyl (C=O) groups excluding carboxylic acids is 1. The first-order valence-corrected chi connectivity index (χ1v) is 6.24. The first kappa shape index (κ1) is 15.2. The molecule has 0 radical (unpaired) electrons. The van der Waals surface area contributed by atoms with E-state index in [1.807, 2.05) is 0 Å². The van der Waals surface area contributed by atoms with Crippen molar-refractivity contribution in [1.82, 2.24) is 10.6 Å². The van der Waals surface area contributed by atoms with Crippen LogP contribution in [0.5, 0.6) is 0 Å². The lowest BCUT2D eigenvalue weighted by Gasteiger charge is -2.09. The zero-order valence-electron chi connectivity index (χ0n) is 9.63. The van der Waals surface area contributed by atoms with Crippen LogP contribution in [0, 0.1) is 0 Å². The zero-order chi connectivity index (χ0) is 13.5. The van der Waals surface area contributed by atoms with Crippen LogP contribution in [0.1, 0.15) is 10.4 Å². The summed E-state index contributed by atoms with van der Waals surface area (Å²) in [4.78, 5) is 11.8. The molecular weight excluding hydrogens is 295 g/mol. The van der Waals surface area contributed by atoms with Gasteiger partial charge in [0.15, 0.2) is 5.11 Å². The van der Waals surface area contributed by atoms with Crippen LogP contribution in [0.3, 0.4) is 0 Å². The Morgan fingerprint density at radius 2 is 2.17 bits per heavy atom. The summed E-state index contributed by atoms with van der Waals surface area (Å²) in [5, 5.41) is 6.31. The predicted octanol–water partition coefficient (Wildman–Crippen LogP) is 2.24.